The molecule has 1 aromatic carbocycles. The number of ether oxygens (including phenoxy) is 1. The van der Waals surface area contributed by atoms with E-state index in [9.17, 15) is 5.11 Å². The smallest absolute Gasteiger partial charge is 0.139 e. The summed E-state index contributed by atoms with van der Waals surface area (Å²) >= 11 is 0. The SMILES string of the molecule is CC(C)(C)c1ccc([C@@]2(CO)CO2)cc1. The quantitative estimate of drug-likeness (QED) is 0.752. The molecule has 0 amide bonds. The van der Waals surface area contributed by atoms with Gasteiger partial charge in [0.15, 0.2) is 0 Å². The first kappa shape index (κ1) is 10.7. The van der Waals surface area contributed by atoms with Crippen LogP contribution in [0.4, 0.5) is 0 Å². The molecule has 1 atom stereocenters. The highest BCUT2D eigenvalue weighted by atomic mass is 16.6. The van der Waals surface area contributed by atoms with Gasteiger partial charge in [-0.2, -0.15) is 0 Å². The zero-order valence-corrected chi connectivity index (χ0v) is 9.58. The molecule has 0 unspecified atom stereocenters. The lowest BCUT2D eigenvalue weighted by Crippen LogP contribution is -2.15. The van der Waals surface area contributed by atoms with E-state index in [2.05, 4.69) is 45.0 Å². The lowest BCUT2D eigenvalue weighted by atomic mass is 9.85. The van der Waals surface area contributed by atoms with Crippen LogP contribution in [0.25, 0.3) is 0 Å². The van der Waals surface area contributed by atoms with Gasteiger partial charge in [-0.25, -0.2) is 0 Å². The van der Waals surface area contributed by atoms with E-state index in [0.29, 0.717) is 6.61 Å². The second-order valence-corrected chi connectivity index (χ2v) is 5.27. The minimum Gasteiger partial charge on any atom is -0.393 e. The van der Waals surface area contributed by atoms with Crippen molar-refractivity contribution >= 4 is 0 Å². The van der Waals surface area contributed by atoms with E-state index in [1.165, 1.54) is 5.56 Å². The van der Waals surface area contributed by atoms with Crippen molar-refractivity contribution in [1.29, 1.82) is 0 Å². The molecule has 1 aliphatic heterocycles. The second kappa shape index (κ2) is 3.32. The van der Waals surface area contributed by atoms with Gasteiger partial charge in [0.1, 0.15) is 5.60 Å². The van der Waals surface area contributed by atoms with E-state index in [-0.39, 0.29) is 12.0 Å². The van der Waals surface area contributed by atoms with Gasteiger partial charge in [0.05, 0.1) is 13.2 Å². The first-order chi connectivity index (χ1) is 6.98. The Morgan fingerprint density at radius 2 is 1.80 bits per heavy atom. The molecule has 2 nitrogen and oxygen atoms in total. The molecule has 0 aliphatic carbocycles. The molecule has 0 aromatic heterocycles. The summed E-state index contributed by atoms with van der Waals surface area (Å²) in [5, 5.41) is 9.21. The predicted octanol–water partition coefficient (Wildman–Crippen LogP) is 2.20. The summed E-state index contributed by atoms with van der Waals surface area (Å²) < 4.78 is 5.31. The van der Waals surface area contributed by atoms with Crippen molar-refractivity contribution in [3.8, 4) is 0 Å². The van der Waals surface area contributed by atoms with Crippen molar-refractivity contribution < 1.29 is 9.84 Å². The van der Waals surface area contributed by atoms with Crippen molar-refractivity contribution in [3.05, 3.63) is 35.4 Å². The molecule has 1 fully saturated rings. The molecule has 0 radical (unpaired) electrons. The van der Waals surface area contributed by atoms with Crippen molar-refractivity contribution in [3.63, 3.8) is 0 Å². The van der Waals surface area contributed by atoms with E-state index in [4.69, 9.17) is 4.74 Å². The largest absolute Gasteiger partial charge is 0.393 e. The zero-order chi connectivity index (χ0) is 11.1. The molecule has 0 saturated carbocycles. The zero-order valence-electron chi connectivity index (χ0n) is 9.58. The van der Waals surface area contributed by atoms with Crippen molar-refractivity contribution in [2.45, 2.75) is 31.8 Å². The summed E-state index contributed by atoms with van der Waals surface area (Å²) in [6, 6.07) is 8.36. The highest BCUT2D eigenvalue weighted by molar-refractivity contribution is 5.33. The molecular formula is C13H18O2. The molecule has 1 aliphatic rings. The van der Waals surface area contributed by atoms with E-state index >= 15 is 0 Å². The third-order valence-corrected chi connectivity index (χ3v) is 3.03. The lowest BCUT2D eigenvalue weighted by Gasteiger charge is -2.19. The molecule has 0 bridgehead atoms. The first-order valence-corrected chi connectivity index (χ1v) is 5.34. The number of rotatable bonds is 2. The van der Waals surface area contributed by atoms with Gasteiger partial charge in [-0.3, -0.25) is 0 Å². The molecule has 2 rings (SSSR count). The van der Waals surface area contributed by atoms with Crippen LogP contribution >= 0.6 is 0 Å². The van der Waals surface area contributed by atoms with Crippen LogP contribution in [0.1, 0.15) is 31.9 Å². The maximum atomic E-state index is 9.21. The molecule has 1 aromatic rings. The first-order valence-electron chi connectivity index (χ1n) is 5.34. The Balaban J connectivity index is 2.25. The van der Waals surface area contributed by atoms with E-state index in [1.54, 1.807) is 0 Å². The van der Waals surface area contributed by atoms with Crippen LogP contribution in [0, 0.1) is 0 Å². The fourth-order valence-corrected chi connectivity index (χ4v) is 1.71. The number of benzene rings is 1. The van der Waals surface area contributed by atoms with E-state index in [1.807, 2.05) is 0 Å². The molecule has 1 N–H and O–H groups in total. The lowest BCUT2D eigenvalue weighted by molar-refractivity contribution is 0.172. The van der Waals surface area contributed by atoms with Crippen LogP contribution in [0.2, 0.25) is 0 Å². The van der Waals surface area contributed by atoms with Crippen LogP contribution < -0.4 is 0 Å². The van der Waals surface area contributed by atoms with Crippen LogP contribution in [0.3, 0.4) is 0 Å². The Morgan fingerprint density at radius 1 is 1.27 bits per heavy atom. The van der Waals surface area contributed by atoms with Crippen LogP contribution in [-0.2, 0) is 15.8 Å². The highest BCUT2D eigenvalue weighted by Crippen LogP contribution is 2.38. The molecule has 82 valence electrons. The Bertz CT molecular complexity index is 342. The van der Waals surface area contributed by atoms with Gasteiger partial charge in [0.25, 0.3) is 0 Å². The van der Waals surface area contributed by atoms with Gasteiger partial charge < -0.3 is 9.84 Å². The number of epoxide rings is 1. The minimum absolute atomic E-state index is 0.0713. The molecule has 2 heteroatoms. The summed E-state index contributed by atoms with van der Waals surface area (Å²) in [5.41, 5.74) is 2.17. The van der Waals surface area contributed by atoms with Crippen LogP contribution in [-0.4, -0.2) is 18.3 Å². The van der Waals surface area contributed by atoms with Gasteiger partial charge in [-0.1, -0.05) is 45.0 Å². The maximum Gasteiger partial charge on any atom is 0.139 e. The predicted molar refractivity (Wildman–Crippen MR) is 59.9 cm³/mol. The van der Waals surface area contributed by atoms with Gasteiger partial charge >= 0.3 is 0 Å². The second-order valence-electron chi connectivity index (χ2n) is 5.27. The monoisotopic (exact) mass is 206 g/mol. The molecule has 1 saturated heterocycles. The fourth-order valence-electron chi connectivity index (χ4n) is 1.71. The number of aliphatic hydroxyl groups is 1. The molecule has 0 spiro atoms. The highest BCUT2D eigenvalue weighted by Gasteiger charge is 2.45. The topological polar surface area (TPSA) is 32.8 Å². The maximum absolute atomic E-state index is 9.21. The Labute approximate surface area is 90.9 Å². The number of hydrogen-bond donors (Lipinski definition) is 1. The average Bonchev–Trinajstić information content (AvgIpc) is 2.97. The Morgan fingerprint density at radius 3 is 2.13 bits per heavy atom. The Kier molecular flexibility index (Phi) is 2.36. The van der Waals surface area contributed by atoms with Crippen molar-refractivity contribution in [2.75, 3.05) is 13.2 Å². The van der Waals surface area contributed by atoms with Crippen molar-refractivity contribution in [2.24, 2.45) is 0 Å². The molecule has 15 heavy (non-hydrogen) atoms. The van der Waals surface area contributed by atoms with E-state index < -0.39 is 5.60 Å². The summed E-state index contributed by atoms with van der Waals surface area (Å²) in [6.07, 6.45) is 0. The summed E-state index contributed by atoms with van der Waals surface area (Å²) in [4.78, 5) is 0. The molecule has 1 heterocycles. The fraction of sp³-hybridized carbons (Fsp3) is 0.538. The molecular weight excluding hydrogens is 188 g/mol. The number of aliphatic hydroxyl groups excluding tert-OH is 1. The summed E-state index contributed by atoms with van der Waals surface area (Å²) in [7, 11) is 0. The van der Waals surface area contributed by atoms with Gasteiger partial charge in [-0.05, 0) is 16.5 Å². The summed E-state index contributed by atoms with van der Waals surface area (Å²) in [5.74, 6) is 0. The standard InChI is InChI=1S/C13H18O2/c1-12(2,3)10-4-6-11(7-5-10)13(8-14)9-15-13/h4-7,14H,8-9H2,1-3H3/t13-/m1/s1. The van der Waals surface area contributed by atoms with Crippen LogP contribution in [0.15, 0.2) is 24.3 Å². The van der Waals surface area contributed by atoms with E-state index in [0.717, 1.165) is 5.56 Å². The van der Waals surface area contributed by atoms with Gasteiger partial charge in [-0.15, -0.1) is 0 Å². The van der Waals surface area contributed by atoms with Crippen molar-refractivity contribution in [1.82, 2.24) is 0 Å². The van der Waals surface area contributed by atoms with Crippen LogP contribution in [0.5, 0.6) is 0 Å². The third kappa shape index (κ3) is 1.92. The van der Waals surface area contributed by atoms with Gasteiger partial charge in [0, 0.05) is 0 Å². The Hall–Kier alpha value is -0.860. The minimum atomic E-state index is -0.392. The third-order valence-electron chi connectivity index (χ3n) is 3.03. The normalized spacial score (nSPS) is 25.3. The number of hydrogen-bond acceptors (Lipinski definition) is 2. The van der Waals surface area contributed by atoms with Gasteiger partial charge in [0.2, 0.25) is 0 Å². The average molecular weight is 206 g/mol. The summed E-state index contributed by atoms with van der Waals surface area (Å²) in [6.45, 7) is 7.28.